The third kappa shape index (κ3) is 4.79. The number of hydrogen-bond acceptors (Lipinski definition) is 5. The Morgan fingerprint density at radius 2 is 2.04 bits per heavy atom. The van der Waals surface area contributed by atoms with Gasteiger partial charge in [-0.2, -0.15) is 5.10 Å². The highest BCUT2D eigenvalue weighted by Gasteiger charge is 2.23. The van der Waals surface area contributed by atoms with Crippen LogP contribution in [0.25, 0.3) is 10.4 Å². The summed E-state index contributed by atoms with van der Waals surface area (Å²) >= 11 is 15.4. The van der Waals surface area contributed by atoms with E-state index in [0.717, 1.165) is 20.4 Å². The van der Waals surface area contributed by atoms with Crippen molar-refractivity contribution in [2.75, 3.05) is 0 Å². The molecule has 0 saturated carbocycles. The van der Waals surface area contributed by atoms with E-state index in [-0.39, 0.29) is 12.6 Å². The Hall–Kier alpha value is -1.67. The average molecular weight is 442 g/mol. The largest absolute Gasteiger partial charge is 0.443 e. The minimum atomic E-state index is -0.831. The Kier molecular flexibility index (Phi) is 6.37. The quantitative estimate of drug-likeness (QED) is 0.490. The molecule has 9 heteroatoms. The molecule has 3 aromatic rings. The fourth-order valence-electron chi connectivity index (χ4n) is 2.52. The zero-order valence-electron chi connectivity index (χ0n) is 14.6. The highest BCUT2D eigenvalue weighted by molar-refractivity contribution is 7.99. The van der Waals surface area contributed by atoms with Crippen LogP contribution in [-0.2, 0) is 11.3 Å². The molecular weight excluding hydrogens is 425 g/mol. The molecule has 2 N–H and O–H groups in total. The van der Waals surface area contributed by atoms with Gasteiger partial charge in [-0.3, -0.25) is 4.68 Å². The maximum Gasteiger partial charge on any atom is 0.404 e. The number of thiophene rings is 1. The van der Waals surface area contributed by atoms with Gasteiger partial charge in [-0.1, -0.05) is 41.0 Å². The summed E-state index contributed by atoms with van der Waals surface area (Å²) in [7, 11) is 0. The number of benzene rings is 1. The third-order valence-electron chi connectivity index (χ3n) is 3.60. The monoisotopic (exact) mass is 441 g/mol. The van der Waals surface area contributed by atoms with E-state index >= 15 is 0 Å². The SMILES string of the molecule is CC(C)n1nc(COC(N)=O)c(-c2cccs2)c1Sc1cc(Cl)cc(Cl)c1. The van der Waals surface area contributed by atoms with Crippen LogP contribution in [0.2, 0.25) is 10.0 Å². The van der Waals surface area contributed by atoms with Crippen molar-refractivity contribution in [3.05, 3.63) is 51.5 Å². The molecule has 1 amide bonds. The second kappa shape index (κ2) is 8.56. The molecule has 0 saturated heterocycles. The van der Waals surface area contributed by atoms with Crippen LogP contribution >= 0.6 is 46.3 Å². The lowest BCUT2D eigenvalue weighted by molar-refractivity contribution is 0.148. The van der Waals surface area contributed by atoms with E-state index in [1.54, 1.807) is 17.4 Å². The Bertz CT molecular complexity index is 936. The molecule has 0 aliphatic heterocycles. The van der Waals surface area contributed by atoms with Gasteiger partial charge in [-0.25, -0.2) is 4.79 Å². The van der Waals surface area contributed by atoms with E-state index in [0.29, 0.717) is 15.7 Å². The minimum Gasteiger partial charge on any atom is -0.443 e. The van der Waals surface area contributed by atoms with Crippen LogP contribution in [0.5, 0.6) is 0 Å². The van der Waals surface area contributed by atoms with Crippen molar-refractivity contribution in [2.45, 2.75) is 36.4 Å². The Labute approximate surface area is 175 Å². The maximum atomic E-state index is 11.1. The molecule has 0 fully saturated rings. The molecule has 142 valence electrons. The molecule has 5 nitrogen and oxygen atoms in total. The van der Waals surface area contributed by atoms with Crippen LogP contribution in [0.1, 0.15) is 25.6 Å². The Morgan fingerprint density at radius 1 is 1.33 bits per heavy atom. The van der Waals surface area contributed by atoms with Crippen molar-refractivity contribution in [3.8, 4) is 10.4 Å². The number of rotatable bonds is 6. The Morgan fingerprint density at radius 3 is 2.59 bits per heavy atom. The maximum absolute atomic E-state index is 11.1. The Balaban J connectivity index is 2.12. The van der Waals surface area contributed by atoms with Crippen LogP contribution in [0, 0.1) is 0 Å². The van der Waals surface area contributed by atoms with Crippen LogP contribution in [0.4, 0.5) is 4.79 Å². The molecular formula is C18H17Cl2N3O2S2. The first kappa shape index (κ1) is 20.1. The van der Waals surface area contributed by atoms with Gasteiger partial charge in [0.1, 0.15) is 17.3 Å². The zero-order valence-corrected chi connectivity index (χ0v) is 17.8. The first-order valence-corrected chi connectivity index (χ1v) is 10.5. The van der Waals surface area contributed by atoms with Crippen LogP contribution in [-0.4, -0.2) is 15.9 Å². The fraction of sp³-hybridized carbons (Fsp3) is 0.222. The molecule has 3 rings (SSSR count). The van der Waals surface area contributed by atoms with Crippen molar-refractivity contribution >= 4 is 52.4 Å². The van der Waals surface area contributed by atoms with E-state index < -0.39 is 6.09 Å². The summed E-state index contributed by atoms with van der Waals surface area (Å²) in [6.45, 7) is 4.09. The van der Waals surface area contributed by atoms with Crippen molar-refractivity contribution < 1.29 is 9.53 Å². The fourth-order valence-corrected chi connectivity index (χ4v) is 5.30. The van der Waals surface area contributed by atoms with Gasteiger partial charge < -0.3 is 10.5 Å². The topological polar surface area (TPSA) is 70.1 Å². The number of aromatic nitrogens is 2. The van der Waals surface area contributed by atoms with E-state index in [1.165, 1.54) is 11.8 Å². The average Bonchev–Trinajstić information content (AvgIpc) is 3.19. The number of nitrogens with two attached hydrogens (primary N) is 1. The van der Waals surface area contributed by atoms with E-state index in [9.17, 15) is 4.79 Å². The van der Waals surface area contributed by atoms with Crippen LogP contribution < -0.4 is 5.73 Å². The summed E-state index contributed by atoms with van der Waals surface area (Å²) in [6.07, 6.45) is -0.831. The van der Waals surface area contributed by atoms with E-state index in [1.807, 2.05) is 48.2 Å². The molecule has 2 aromatic heterocycles. The second-order valence-electron chi connectivity index (χ2n) is 5.96. The molecule has 0 unspecified atom stereocenters. The molecule has 0 spiro atoms. The van der Waals surface area contributed by atoms with Crippen molar-refractivity contribution in [2.24, 2.45) is 5.73 Å². The summed E-state index contributed by atoms with van der Waals surface area (Å²) in [5.74, 6) is 0. The van der Waals surface area contributed by atoms with Crippen LogP contribution in [0.3, 0.4) is 0 Å². The molecule has 0 aliphatic carbocycles. The highest BCUT2D eigenvalue weighted by atomic mass is 35.5. The lowest BCUT2D eigenvalue weighted by Gasteiger charge is -2.12. The summed E-state index contributed by atoms with van der Waals surface area (Å²) in [4.78, 5) is 13.0. The van der Waals surface area contributed by atoms with Gasteiger partial charge in [0.15, 0.2) is 0 Å². The zero-order chi connectivity index (χ0) is 19.6. The first-order valence-electron chi connectivity index (χ1n) is 8.06. The molecule has 2 heterocycles. The predicted octanol–water partition coefficient (Wildman–Crippen LogP) is 6.25. The standard InChI is InChI=1S/C18H17Cl2N3O2S2/c1-10(2)23-17(27-13-7-11(19)6-12(20)8-13)16(15-4-3-5-26-15)14(22-23)9-25-18(21)24/h3-8,10H,9H2,1-2H3,(H2,21,24). The van der Waals surface area contributed by atoms with Gasteiger partial charge in [0.25, 0.3) is 0 Å². The van der Waals surface area contributed by atoms with Crippen molar-refractivity contribution in [3.63, 3.8) is 0 Å². The third-order valence-corrected chi connectivity index (χ3v) is 5.98. The number of halogens is 2. The van der Waals surface area contributed by atoms with Gasteiger partial charge in [-0.15, -0.1) is 11.3 Å². The molecule has 0 bridgehead atoms. The first-order chi connectivity index (χ1) is 12.8. The summed E-state index contributed by atoms with van der Waals surface area (Å²) < 4.78 is 6.93. The second-order valence-corrected chi connectivity index (χ2v) is 8.84. The summed E-state index contributed by atoms with van der Waals surface area (Å²) in [6, 6.07) is 9.48. The number of carbonyl (C=O) groups is 1. The smallest absolute Gasteiger partial charge is 0.404 e. The minimum absolute atomic E-state index is 0.00610. The number of carbonyl (C=O) groups excluding carboxylic acids is 1. The summed E-state index contributed by atoms with van der Waals surface area (Å²) in [5, 5.41) is 8.73. The lowest BCUT2D eigenvalue weighted by atomic mass is 10.2. The molecule has 1 aromatic carbocycles. The number of hydrogen-bond donors (Lipinski definition) is 1. The van der Waals surface area contributed by atoms with E-state index in [2.05, 4.69) is 5.10 Å². The molecule has 27 heavy (non-hydrogen) atoms. The highest BCUT2D eigenvalue weighted by Crippen LogP contribution is 2.42. The molecule has 0 aliphatic rings. The number of primary amides is 1. The summed E-state index contributed by atoms with van der Waals surface area (Å²) in [5.41, 5.74) is 6.71. The lowest BCUT2D eigenvalue weighted by Crippen LogP contribution is -2.13. The predicted molar refractivity (Wildman–Crippen MR) is 111 cm³/mol. The number of nitrogens with zero attached hydrogens (tertiary/aromatic N) is 2. The molecule has 0 radical (unpaired) electrons. The van der Waals surface area contributed by atoms with Gasteiger partial charge in [0, 0.05) is 25.9 Å². The van der Waals surface area contributed by atoms with Gasteiger partial charge in [0.2, 0.25) is 0 Å². The van der Waals surface area contributed by atoms with Crippen molar-refractivity contribution in [1.82, 2.24) is 9.78 Å². The van der Waals surface area contributed by atoms with Gasteiger partial charge >= 0.3 is 6.09 Å². The number of ether oxygens (including phenoxy) is 1. The van der Waals surface area contributed by atoms with Gasteiger partial charge in [-0.05, 0) is 43.5 Å². The normalized spacial score (nSPS) is 11.1. The van der Waals surface area contributed by atoms with E-state index in [4.69, 9.17) is 33.7 Å². The van der Waals surface area contributed by atoms with Crippen LogP contribution in [0.15, 0.2) is 45.6 Å². The molecule has 0 atom stereocenters. The number of amides is 1. The van der Waals surface area contributed by atoms with Gasteiger partial charge in [0.05, 0.1) is 5.56 Å². The van der Waals surface area contributed by atoms with Crippen molar-refractivity contribution in [1.29, 1.82) is 0 Å².